The summed E-state index contributed by atoms with van der Waals surface area (Å²) in [6.45, 7) is 5.65. The van der Waals surface area contributed by atoms with E-state index in [1.54, 1.807) is 10.6 Å². The fraction of sp³-hybridized carbons (Fsp3) is 0.200. The number of carbonyl (C=O) groups excluding carboxylic acids is 1. The highest BCUT2D eigenvalue weighted by molar-refractivity contribution is 5.96. The number of rotatable bonds is 4. The maximum Gasteiger partial charge on any atom is 0.233 e. The zero-order chi connectivity index (χ0) is 19.0. The van der Waals surface area contributed by atoms with E-state index in [0.29, 0.717) is 17.2 Å². The minimum Gasteiger partial charge on any atom is -0.361 e. The Labute approximate surface area is 156 Å². The number of hydrogen-bond acceptors (Lipinski definition) is 5. The number of nitrogens with zero attached hydrogens (tertiary/aromatic N) is 4. The summed E-state index contributed by atoms with van der Waals surface area (Å²) in [6, 6.07) is 13.5. The molecule has 3 heterocycles. The summed E-state index contributed by atoms with van der Waals surface area (Å²) in [5.41, 5.74) is 4.88. The first-order chi connectivity index (χ1) is 13.0. The summed E-state index contributed by atoms with van der Waals surface area (Å²) in [5, 5.41) is 11.3. The van der Waals surface area contributed by atoms with Crippen LogP contribution in [0.1, 0.15) is 22.8 Å². The molecule has 4 rings (SSSR count). The molecule has 0 saturated heterocycles. The molecule has 0 radical (unpaired) electrons. The molecule has 0 bridgehead atoms. The Morgan fingerprint density at radius 2 is 1.89 bits per heavy atom. The van der Waals surface area contributed by atoms with Gasteiger partial charge in [0.05, 0.1) is 23.5 Å². The number of hydrogen-bond donors (Lipinski definition) is 1. The van der Waals surface area contributed by atoms with Gasteiger partial charge in [-0.15, -0.1) is 0 Å². The van der Waals surface area contributed by atoms with E-state index in [2.05, 4.69) is 20.6 Å². The number of benzene rings is 1. The molecule has 4 aromatic rings. The van der Waals surface area contributed by atoms with Crippen molar-refractivity contribution in [3.8, 4) is 11.1 Å². The Hall–Kier alpha value is -3.48. The minimum absolute atomic E-state index is 0.0954. The smallest absolute Gasteiger partial charge is 0.233 e. The Morgan fingerprint density at radius 3 is 2.59 bits per heavy atom. The minimum atomic E-state index is -0.205. The molecule has 0 atom stereocenters. The van der Waals surface area contributed by atoms with E-state index in [-0.39, 0.29) is 12.3 Å². The number of nitrogens with one attached hydrogen (secondary N) is 1. The number of anilines is 1. The number of amides is 1. The van der Waals surface area contributed by atoms with Crippen molar-refractivity contribution in [3.63, 3.8) is 0 Å². The van der Waals surface area contributed by atoms with Gasteiger partial charge in [-0.05, 0) is 26.3 Å². The predicted molar refractivity (Wildman–Crippen MR) is 101 cm³/mol. The van der Waals surface area contributed by atoms with E-state index >= 15 is 0 Å². The first kappa shape index (κ1) is 17.0. The van der Waals surface area contributed by atoms with Crippen molar-refractivity contribution in [2.75, 3.05) is 5.32 Å². The number of aryl methyl sites for hydroxylation is 3. The Morgan fingerprint density at radius 1 is 1.11 bits per heavy atom. The molecule has 0 saturated carbocycles. The lowest BCUT2D eigenvalue weighted by Crippen LogP contribution is -2.18. The molecule has 7 nitrogen and oxygen atoms in total. The van der Waals surface area contributed by atoms with Gasteiger partial charge in [-0.2, -0.15) is 9.61 Å². The van der Waals surface area contributed by atoms with E-state index in [9.17, 15) is 4.79 Å². The number of carbonyl (C=O) groups is 1. The Kier molecular flexibility index (Phi) is 4.19. The summed E-state index contributed by atoms with van der Waals surface area (Å²) < 4.78 is 6.83. The molecule has 0 unspecified atom stereocenters. The SMILES string of the molecule is Cc1cc(CC(=O)Nc2c(-c3ccccc3)c(C)nc3cc(C)nn23)on1. The van der Waals surface area contributed by atoms with Gasteiger partial charge >= 0.3 is 0 Å². The van der Waals surface area contributed by atoms with Gasteiger partial charge in [0.25, 0.3) is 0 Å². The molecule has 1 amide bonds. The van der Waals surface area contributed by atoms with Crippen LogP contribution >= 0.6 is 0 Å². The molecule has 27 heavy (non-hydrogen) atoms. The lowest BCUT2D eigenvalue weighted by molar-refractivity contribution is -0.115. The van der Waals surface area contributed by atoms with E-state index in [1.165, 1.54) is 0 Å². The predicted octanol–water partition coefficient (Wildman–Crippen LogP) is 3.49. The van der Waals surface area contributed by atoms with Gasteiger partial charge in [-0.3, -0.25) is 4.79 Å². The second-order valence-corrected chi connectivity index (χ2v) is 6.50. The summed E-state index contributed by atoms with van der Waals surface area (Å²) in [6.07, 6.45) is 0.0954. The topological polar surface area (TPSA) is 85.3 Å². The molecule has 1 N–H and O–H groups in total. The summed E-state index contributed by atoms with van der Waals surface area (Å²) in [5.74, 6) is 0.909. The molecular formula is C20H19N5O2. The van der Waals surface area contributed by atoms with Gasteiger partial charge in [-0.25, -0.2) is 4.98 Å². The molecule has 0 aliphatic rings. The Bertz CT molecular complexity index is 1130. The van der Waals surface area contributed by atoms with Crippen LogP contribution in [-0.2, 0) is 11.2 Å². The first-order valence-corrected chi connectivity index (χ1v) is 8.65. The lowest BCUT2D eigenvalue weighted by atomic mass is 10.0. The van der Waals surface area contributed by atoms with Crippen LogP contribution in [0.3, 0.4) is 0 Å². The normalized spacial score (nSPS) is 11.1. The monoisotopic (exact) mass is 361 g/mol. The van der Waals surface area contributed by atoms with Crippen molar-refractivity contribution in [1.29, 1.82) is 0 Å². The van der Waals surface area contributed by atoms with Gasteiger partial charge in [0.1, 0.15) is 11.6 Å². The van der Waals surface area contributed by atoms with Gasteiger partial charge in [-0.1, -0.05) is 35.5 Å². The van der Waals surface area contributed by atoms with Crippen LogP contribution in [0.25, 0.3) is 16.8 Å². The van der Waals surface area contributed by atoms with Gasteiger partial charge < -0.3 is 9.84 Å². The first-order valence-electron chi connectivity index (χ1n) is 8.65. The summed E-state index contributed by atoms with van der Waals surface area (Å²) in [4.78, 5) is 17.3. The maximum atomic E-state index is 12.7. The molecule has 7 heteroatoms. The highest BCUT2D eigenvalue weighted by Gasteiger charge is 2.19. The van der Waals surface area contributed by atoms with E-state index in [0.717, 1.165) is 28.2 Å². The second kappa shape index (κ2) is 6.68. The molecular weight excluding hydrogens is 342 g/mol. The second-order valence-electron chi connectivity index (χ2n) is 6.50. The van der Waals surface area contributed by atoms with Crippen LogP contribution in [0.15, 0.2) is 47.0 Å². The number of fused-ring (bicyclic) bond motifs is 1. The summed E-state index contributed by atoms with van der Waals surface area (Å²) in [7, 11) is 0. The van der Waals surface area contributed by atoms with Crippen LogP contribution in [0.2, 0.25) is 0 Å². The molecule has 3 aromatic heterocycles. The van der Waals surface area contributed by atoms with Crippen molar-refractivity contribution < 1.29 is 9.32 Å². The van der Waals surface area contributed by atoms with Crippen molar-refractivity contribution in [3.05, 3.63) is 65.3 Å². The quantitative estimate of drug-likeness (QED) is 0.601. The maximum absolute atomic E-state index is 12.7. The summed E-state index contributed by atoms with van der Waals surface area (Å²) >= 11 is 0. The van der Waals surface area contributed by atoms with Gasteiger partial charge in [0.15, 0.2) is 5.65 Å². The van der Waals surface area contributed by atoms with Crippen LogP contribution in [0.5, 0.6) is 0 Å². The third kappa shape index (κ3) is 3.31. The highest BCUT2D eigenvalue weighted by Crippen LogP contribution is 2.31. The van der Waals surface area contributed by atoms with Crippen LogP contribution in [-0.4, -0.2) is 25.7 Å². The van der Waals surface area contributed by atoms with Crippen molar-refractivity contribution in [2.45, 2.75) is 27.2 Å². The molecule has 136 valence electrons. The van der Waals surface area contributed by atoms with Gasteiger partial charge in [0.2, 0.25) is 5.91 Å². The largest absolute Gasteiger partial charge is 0.361 e. The molecule has 0 spiro atoms. The molecule has 0 aliphatic heterocycles. The zero-order valence-corrected chi connectivity index (χ0v) is 15.4. The van der Waals surface area contributed by atoms with Crippen molar-refractivity contribution in [1.82, 2.24) is 19.8 Å². The third-order valence-corrected chi connectivity index (χ3v) is 4.24. The molecule has 0 aliphatic carbocycles. The fourth-order valence-electron chi connectivity index (χ4n) is 3.13. The van der Waals surface area contributed by atoms with Crippen molar-refractivity contribution in [2.24, 2.45) is 0 Å². The van der Waals surface area contributed by atoms with Crippen molar-refractivity contribution >= 4 is 17.4 Å². The highest BCUT2D eigenvalue weighted by atomic mass is 16.5. The van der Waals surface area contributed by atoms with Gasteiger partial charge in [0, 0.05) is 17.7 Å². The average molecular weight is 361 g/mol. The fourth-order valence-corrected chi connectivity index (χ4v) is 3.13. The lowest BCUT2D eigenvalue weighted by Gasteiger charge is -2.15. The van der Waals surface area contributed by atoms with Crippen LogP contribution in [0.4, 0.5) is 5.82 Å². The third-order valence-electron chi connectivity index (χ3n) is 4.24. The van der Waals surface area contributed by atoms with Crippen LogP contribution in [0, 0.1) is 20.8 Å². The molecule has 1 aromatic carbocycles. The average Bonchev–Trinajstić information content (AvgIpc) is 3.20. The number of aromatic nitrogens is 4. The van der Waals surface area contributed by atoms with E-state index < -0.39 is 0 Å². The standard InChI is InChI=1S/C20H19N5O2/c1-12-10-17-21-14(3)19(15-7-5-4-6-8-15)20(25(17)23-12)22-18(26)11-16-9-13(2)24-27-16/h4-10H,11H2,1-3H3,(H,22,26). The van der Waals surface area contributed by atoms with E-state index in [1.807, 2.05) is 57.2 Å². The molecule has 0 fully saturated rings. The van der Waals surface area contributed by atoms with E-state index in [4.69, 9.17) is 4.52 Å². The van der Waals surface area contributed by atoms with Crippen LogP contribution < -0.4 is 5.32 Å². The Balaban J connectivity index is 1.80. The zero-order valence-electron chi connectivity index (χ0n) is 15.4.